The third-order valence-electron chi connectivity index (χ3n) is 3.72. The highest BCUT2D eigenvalue weighted by Crippen LogP contribution is 2.25. The Morgan fingerprint density at radius 2 is 1.80 bits per heavy atom. The predicted molar refractivity (Wildman–Crippen MR) is 103 cm³/mol. The Balaban J connectivity index is 2.11. The van der Waals surface area contributed by atoms with Gasteiger partial charge in [0, 0.05) is 12.1 Å². The van der Waals surface area contributed by atoms with E-state index in [1.165, 1.54) is 37.4 Å². The third kappa shape index (κ3) is 6.36. The Kier molecular flexibility index (Phi) is 7.32. The number of hydrogen-bond acceptors (Lipinski definition) is 5. The van der Waals surface area contributed by atoms with E-state index >= 15 is 0 Å². The number of nitrogens with one attached hydrogen (secondary N) is 1. The minimum atomic E-state index is -4.60. The van der Waals surface area contributed by atoms with E-state index in [1.807, 2.05) is 0 Å². The van der Waals surface area contributed by atoms with E-state index in [0.717, 1.165) is 10.4 Å². The first-order valence-electron chi connectivity index (χ1n) is 8.25. The number of sulfonamides is 1. The smallest absolute Gasteiger partial charge is 0.405 e. The van der Waals surface area contributed by atoms with Gasteiger partial charge in [-0.05, 0) is 36.4 Å². The van der Waals surface area contributed by atoms with Crippen molar-refractivity contribution in [2.75, 3.05) is 24.5 Å². The van der Waals surface area contributed by atoms with Crippen LogP contribution in [-0.4, -0.2) is 46.7 Å². The first-order valence-corrected chi connectivity index (χ1v) is 10.1. The van der Waals surface area contributed by atoms with E-state index in [1.54, 1.807) is 17.4 Å². The van der Waals surface area contributed by atoms with E-state index in [-0.39, 0.29) is 16.1 Å². The van der Waals surface area contributed by atoms with Crippen molar-refractivity contribution in [1.82, 2.24) is 5.32 Å². The molecule has 0 spiro atoms. The van der Waals surface area contributed by atoms with Crippen LogP contribution in [0.25, 0.3) is 0 Å². The number of amides is 1. The Hall–Kier alpha value is -2.79. The molecule has 0 aliphatic carbocycles. The fourth-order valence-corrected chi connectivity index (χ4v) is 3.63. The molecule has 0 radical (unpaired) electrons. The molecule has 2 rings (SSSR count). The molecule has 0 aromatic heterocycles. The van der Waals surface area contributed by atoms with Crippen molar-refractivity contribution in [3.63, 3.8) is 0 Å². The van der Waals surface area contributed by atoms with Gasteiger partial charge in [-0.25, -0.2) is 13.2 Å². The highest BCUT2D eigenvalue weighted by molar-refractivity contribution is 7.92. The molecule has 2 aromatic rings. The van der Waals surface area contributed by atoms with Crippen molar-refractivity contribution in [1.29, 1.82) is 0 Å². The van der Waals surface area contributed by atoms with Crippen molar-refractivity contribution in [3.8, 4) is 0 Å². The average Bonchev–Trinajstić information content (AvgIpc) is 2.69. The number of ether oxygens (including phenoxy) is 1. The lowest BCUT2D eigenvalue weighted by atomic mass is 10.2. The van der Waals surface area contributed by atoms with Gasteiger partial charge in [-0.1, -0.05) is 23.7 Å². The normalized spacial score (nSPS) is 11.6. The zero-order chi connectivity index (χ0) is 22.5. The average molecular weight is 465 g/mol. The van der Waals surface area contributed by atoms with E-state index in [0.29, 0.717) is 5.02 Å². The number of alkyl halides is 3. The van der Waals surface area contributed by atoms with E-state index in [4.69, 9.17) is 11.6 Å². The maximum Gasteiger partial charge on any atom is 0.405 e. The van der Waals surface area contributed by atoms with Gasteiger partial charge < -0.3 is 10.1 Å². The Labute approximate surface area is 175 Å². The number of carbonyl (C=O) groups excluding carboxylic acids is 2. The highest BCUT2D eigenvalue weighted by atomic mass is 35.5. The van der Waals surface area contributed by atoms with Crippen molar-refractivity contribution >= 4 is 39.2 Å². The summed E-state index contributed by atoms with van der Waals surface area (Å²) in [4.78, 5) is 23.2. The molecule has 7 nitrogen and oxygen atoms in total. The monoisotopic (exact) mass is 464 g/mol. The van der Waals surface area contributed by atoms with Gasteiger partial charge in [0.25, 0.3) is 15.9 Å². The molecule has 2 aromatic carbocycles. The molecule has 30 heavy (non-hydrogen) atoms. The van der Waals surface area contributed by atoms with Crippen molar-refractivity contribution < 1.29 is 35.9 Å². The lowest BCUT2D eigenvalue weighted by Gasteiger charge is -2.20. The molecule has 0 unspecified atom stereocenters. The lowest BCUT2D eigenvalue weighted by molar-refractivity contribution is -0.140. The van der Waals surface area contributed by atoms with Crippen LogP contribution in [0.4, 0.5) is 18.9 Å². The standard InChI is InChI=1S/C18H16ClF3N2O5S/c1-24(14-6-3-5-13(19)9-14)30(27,28)15-7-2-4-12(8-15)17(26)29-10-16(25)23-11-18(20,21)22/h2-9H,10-11H2,1H3,(H,23,25). The molecule has 1 N–H and O–H groups in total. The second-order valence-electron chi connectivity index (χ2n) is 5.95. The summed E-state index contributed by atoms with van der Waals surface area (Å²) in [7, 11) is -2.76. The number of nitrogens with zero attached hydrogens (tertiary/aromatic N) is 1. The van der Waals surface area contributed by atoms with Gasteiger partial charge in [0.1, 0.15) is 6.54 Å². The van der Waals surface area contributed by atoms with Gasteiger partial charge in [-0.3, -0.25) is 9.10 Å². The maximum atomic E-state index is 12.8. The molecule has 162 valence electrons. The predicted octanol–water partition coefficient (Wildman–Crippen LogP) is 3.00. The number of rotatable bonds is 7. The number of benzene rings is 2. The largest absolute Gasteiger partial charge is 0.452 e. The van der Waals surface area contributed by atoms with Gasteiger partial charge in [0.15, 0.2) is 6.61 Å². The van der Waals surface area contributed by atoms with Crippen LogP contribution in [0.15, 0.2) is 53.4 Å². The van der Waals surface area contributed by atoms with Gasteiger partial charge in [0.2, 0.25) is 0 Å². The first kappa shape index (κ1) is 23.5. The van der Waals surface area contributed by atoms with Crippen molar-refractivity contribution in [2.24, 2.45) is 0 Å². The summed E-state index contributed by atoms with van der Waals surface area (Å²) in [5.41, 5.74) is 0.0935. The number of carbonyl (C=O) groups is 2. The van der Waals surface area contributed by atoms with Crippen LogP contribution in [0.5, 0.6) is 0 Å². The molecule has 0 bridgehead atoms. The van der Waals surface area contributed by atoms with Crippen LogP contribution in [0, 0.1) is 0 Å². The van der Waals surface area contributed by atoms with E-state index < -0.39 is 41.2 Å². The number of esters is 1. The summed E-state index contributed by atoms with van der Waals surface area (Å²) in [5.74, 6) is -2.22. The molecular formula is C18H16ClF3N2O5S. The summed E-state index contributed by atoms with van der Waals surface area (Å²) in [6.07, 6.45) is -4.60. The number of anilines is 1. The zero-order valence-corrected chi connectivity index (χ0v) is 17.0. The molecule has 0 aliphatic heterocycles. The van der Waals surface area contributed by atoms with Gasteiger partial charge >= 0.3 is 12.1 Å². The molecule has 0 saturated heterocycles. The zero-order valence-electron chi connectivity index (χ0n) is 15.4. The third-order valence-corrected chi connectivity index (χ3v) is 5.74. The van der Waals surface area contributed by atoms with Crippen LogP contribution in [0.2, 0.25) is 5.02 Å². The molecule has 1 amide bonds. The first-order chi connectivity index (χ1) is 13.9. The quantitative estimate of drug-likeness (QED) is 0.636. The summed E-state index contributed by atoms with van der Waals surface area (Å²) >= 11 is 5.88. The van der Waals surface area contributed by atoms with E-state index in [9.17, 15) is 31.2 Å². The maximum absolute atomic E-state index is 12.8. The van der Waals surface area contributed by atoms with Crippen LogP contribution in [-0.2, 0) is 19.6 Å². The topological polar surface area (TPSA) is 92.8 Å². The summed E-state index contributed by atoms with van der Waals surface area (Å²) in [5, 5.41) is 1.88. The molecule has 0 aliphatic rings. The molecule has 0 atom stereocenters. The fourth-order valence-electron chi connectivity index (χ4n) is 2.22. The van der Waals surface area contributed by atoms with Crippen LogP contribution >= 0.6 is 11.6 Å². The SMILES string of the molecule is CN(c1cccc(Cl)c1)S(=O)(=O)c1cccc(C(=O)OCC(=O)NCC(F)(F)F)c1. The van der Waals surface area contributed by atoms with Gasteiger partial charge in [-0.2, -0.15) is 13.2 Å². The Morgan fingerprint density at radius 3 is 2.43 bits per heavy atom. The van der Waals surface area contributed by atoms with E-state index in [2.05, 4.69) is 4.74 Å². The Morgan fingerprint density at radius 1 is 1.13 bits per heavy atom. The second-order valence-corrected chi connectivity index (χ2v) is 8.35. The highest BCUT2D eigenvalue weighted by Gasteiger charge is 2.28. The molecular weight excluding hydrogens is 449 g/mol. The molecule has 0 heterocycles. The summed E-state index contributed by atoms with van der Waals surface area (Å²) < 4.78 is 67.4. The minimum Gasteiger partial charge on any atom is -0.452 e. The summed E-state index contributed by atoms with van der Waals surface area (Å²) in [6.45, 7) is -2.51. The second kappa shape index (κ2) is 9.35. The van der Waals surface area contributed by atoms with Crippen molar-refractivity contribution in [2.45, 2.75) is 11.1 Å². The Bertz CT molecular complexity index is 1040. The minimum absolute atomic E-state index is 0.195. The lowest BCUT2D eigenvalue weighted by Crippen LogP contribution is -2.36. The fraction of sp³-hybridized carbons (Fsp3) is 0.222. The number of halogens is 4. The van der Waals surface area contributed by atoms with Gasteiger partial charge in [-0.15, -0.1) is 0 Å². The molecule has 12 heteroatoms. The van der Waals surface area contributed by atoms with Crippen molar-refractivity contribution in [3.05, 3.63) is 59.1 Å². The molecule has 0 saturated carbocycles. The molecule has 0 fully saturated rings. The van der Waals surface area contributed by atoms with Crippen LogP contribution in [0.1, 0.15) is 10.4 Å². The van der Waals surface area contributed by atoms with Gasteiger partial charge in [0.05, 0.1) is 16.1 Å². The number of hydrogen-bond donors (Lipinski definition) is 1. The summed E-state index contributed by atoms with van der Waals surface area (Å²) in [6, 6.07) is 10.9. The van der Waals surface area contributed by atoms with Crippen LogP contribution < -0.4 is 9.62 Å². The van der Waals surface area contributed by atoms with Crippen LogP contribution in [0.3, 0.4) is 0 Å².